The predicted octanol–water partition coefficient (Wildman–Crippen LogP) is 1.74. The van der Waals surface area contributed by atoms with E-state index >= 15 is 0 Å². The normalized spacial score (nSPS) is 22.7. The van der Waals surface area contributed by atoms with Crippen LogP contribution in [0.1, 0.15) is 13.3 Å². The Morgan fingerprint density at radius 1 is 1.26 bits per heavy atom. The van der Waals surface area contributed by atoms with Crippen molar-refractivity contribution >= 4 is 11.6 Å². The van der Waals surface area contributed by atoms with E-state index in [1.165, 1.54) is 5.69 Å². The van der Waals surface area contributed by atoms with Gasteiger partial charge in [0.15, 0.2) is 5.96 Å². The van der Waals surface area contributed by atoms with Gasteiger partial charge in [-0.05, 0) is 25.5 Å². The lowest BCUT2D eigenvalue weighted by Crippen LogP contribution is -2.53. The highest BCUT2D eigenvalue weighted by molar-refractivity contribution is 5.79. The minimum Gasteiger partial charge on any atom is -0.381 e. The highest BCUT2D eigenvalue weighted by Gasteiger charge is 2.22. The molecule has 3 rings (SSSR count). The minimum atomic E-state index is 0.489. The first-order chi connectivity index (χ1) is 13.2. The van der Waals surface area contributed by atoms with Gasteiger partial charge in [-0.3, -0.25) is 9.89 Å². The molecule has 2 atom stereocenters. The van der Waals surface area contributed by atoms with Crippen molar-refractivity contribution in [3.8, 4) is 0 Å². The Morgan fingerprint density at radius 3 is 2.63 bits per heavy atom. The van der Waals surface area contributed by atoms with Crippen LogP contribution >= 0.6 is 0 Å². The second-order valence-corrected chi connectivity index (χ2v) is 7.75. The maximum absolute atomic E-state index is 5.49. The molecule has 2 fully saturated rings. The van der Waals surface area contributed by atoms with Gasteiger partial charge in [-0.1, -0.05) is 18.2 Å². The van der Waals surface area contributed by atoms with Gasteiger partial charge < -0.3 is 19.9 Å². The Hall–Kier alpha value is -1.79. The third-order valence-electron chi connectivity index (χ3n) is 5.74. The lowest BCUT2D eigenvalue weighted by atomic mass is 10.1. The lowest BCUT2D eigenvalue weighted by molar-refractivity contribution is 0.180. The molecular weight excluding hydrogens is 338 g/mol. The van der Waals surface area contributed by atoms with Crippen LogP contribution in [0.25, 0.3) is 0 Å². The molecule has 0 radical (unpaired) electrons. The average Bonchev–Trinajstić information content (AvgIpc) is 3.22. The number of hydrogen-bond acceptors (Lipinski definition) is 4. The second-order valence-electron chi connectivity index (χ2n) is 7.75. The molecule has 0 aliphatic carbocycles. The summed E-state index contributed by atoms with van der Waals surface area (Å²) in [6, 6.07) is 11.2. The Balaban J connectivity index is 1.41. The van der Waals surface area contributed by atoms with Gasteiger partial charge >= 0.3 is 0 Å². The summed E-state index contributed by atoms with van der Waals surface area (Å²) in [5.74, 6) is 1.61. The fraction of sp³-hybridized carbons (Fsp3) is 0.667. The van der Waals surface area contributed by atoms with Crippen LogP contribution in [0.3, 0.4) is 0 Å². The van der Waals surface area contributed by atoms with Crippen LogP contribution in [0, 0.1) is 5.92 Å². The minimum absolute atomic E-state index is 0.489. The number of piperazine rings is 1. The molecule has 0 bridgehead atoms. The first-order valence-corrected chi connectivity index (χ1v) is 10.2. The number of benzene rings is 1. The molecule has 0 spiro atoms. The lowest BCUT2D eigenvalue weighted by Gasteiger charge is -2.39. The molecular formula is C21H35N5O. The summed E-state index contributed by atoms with van der Waals surface area (Å²) in [7, 11) is 3.99. The van der Waals surface area contributed by atoms with Gasteiger partial charge in [0, 0.05) is 77.6 Å². The van der Waals surface area contributed by atoms with Crippen LogP contribution in [-0.4, -0.2) is 88.4 Å². The Labute approximate surface area is 164 Å². The first kappa shape index (κ1) is 20.0. The standard InChI is InChI=1S/C21H35N5O/c1-18(15-23-21(22-2)24(3)16-19-9-14-27-17-19)25-10-12-26(13-11-25)20-7-5-4-6-8-20/h4-8,18-19H,9-17H2,1-3H3,(H,22,23). The molecule has 1 N–H and O–H groups in total. The largest absolute Gasteiger partial charge is 0.381 e. The molecule has 2 aliphatic heterocycles. The smallest absolute Gasteiger partial charge is 0.193 e. The van der Waals surface area contributed by atoms with Crippen molar-refractivity contribution in [1.29, 1.82) is 0 Å². The summed E-state index contributed by atoms with van der Waals surface area (Å²) in [6.45, 7) is 10.4. The van der Waals surface area contributed by atoms with Crippen molar-refractivity contribution in [2.75, 3.05) is 71.5 Å². The van der Waals surface area contributed by atoms with E-state index in [9.17, 15) is 0 Å². The predicted molar refractivity (Wildman–Crippen MR) is 113 cm³/mol. The molecule has 0 aromatic heterocycles. The molecule has 27 heavy (non-hydrogen) atoms. The van der Waals surface area contributed by atoms with Gasteiger partial charge in [-0.15, -0.1) is 0 Å². The number of nitrogens with one attached hydrogen (secondary N) is 1. The Bertz CT molecular complexity index is 579. The summed E-state index contributed by atoms with van der Waals surface area (Å²) in [5.41, 5.74) is 1.33. The topological polar surface area (TPSA) is 43.3 Å². The number of aliphatic imine (C=N–C) groups is 1. The van der Waals surface area contributed by atoms with Crippen molar-refractivity contribution in [1.82, 2.24) is 15.1 Å². The summed E-state index contributed by atoms with van der Waals surface area (Å²) in [5, 5.41) is 3.56. The fourth-order valence-corrected chi connectivity index (χ4v) is 4.01. The van der Waals surface area contributed by atoms with Crippen molar-refractivity contribution in [3.05, 3.63) is 30.3 Å². The Kier molecular flexibility index (Phi) is 7.35. The number of anilines is 1. The molecule has 0 saturated carbocycles. The molecule has 1 aromatic carbocycles. The van der Waals surface area contributed by atoms with Crippen LogP contribution in [0.15, 0.2) is 35.3 Å². The number of hydrogen-bond donors (Lipinski definition) is 1. The highest BCUT2D eigenvalue weighted by Crippen LogP contribution is 2.16. The summed E-state index contributed by atoms with van der Waals surface area (Å²) in [6.07, 6.45) is 1.16. The van der Waals surface area contributed by atoms with Gasteiger partial charge in [0.1, 0.15) is 0 Å². The molecule has 0 amide bonds. The summed E-state index contributed by atoms with van der Waals surface area (Å²) < 4.78 is 5.49. The zero-order chi connectivity index (χ0) is 19.1. The zero-order valence-electron chi connectivity index (χ0n) is 17.1. The van der Waals surface area contributed by atoms with Crippen LogP contribution < -0.4 is 10.2 Å². The van der Waals surface area contributed by atoms with E-state index in [1.54, 1.807) is 0 Å². The van der Waals surface area contributed by atoms with E-state index in [4.69, 9.17) is 4.74 Å². The van der Waals surface area contributed by atoms with Gasteiger partial charge in [-0.2, -0.15) is 0 Å². The highest BCUT2D eigenvalue weighted by atomic mass is 16.5. The Morgan fingerprint density at radius 2 is 2.00 bits per heavy atom. The van der Waals surface area contributed by atoms with E-state index in [0.29, 0.717) is 12.0 Å². The number of ether oxygens (including phenoxy) is 1. The maximum Gasteiger partial charge on any atom is 0.193 e. The number of para-hydroxylation sites is 1. The van der Waals surface area contributed by atoms with Crippen LogP contribution in [-0.2, 0) is 4.74 Å². The van der Waals surface area contributed by atoms with E-state index in [1.807, 2.05) is 7.05 Å². The molecule has 6 nitrogen and oxygen atoms in total. The molecule has 1 aromatic rings. The van der Waals surface area contributed by atoms with E-state index < -0.39 is 0 Å². The van der Waals surface area contributed by atoms with Crippen molar-refractivity contribution in [3.63, 3.8) is 0 Å². The van der Waals surface area contributed by atoms with Gasteiger partial charge in [0.25, 0.3) is 0 Å². The van der Waals surface area contributed by atoms with Gasteiger partial charge in [0.2, 0.25) is 0 Å². The molecule has 2 unspecified atom stereocenters. The molecule has 2 aliphatic rings. The third kappa shape index (κ3) is 5.59. The SMILES string of the molecule is CN=C(NCC(C)N1CCN(c2ccccc2)CC1)N(C)CC1CCOC1. The molecule has 2 heterocycles. The van der Waals surface area contributed by atoms with E-state index in [0.717, 1.165) is 64.9 Å². The monoisotopic (exact) mass is 373 g/mol. The number of rotatable bonds is 6. The molecule has 2 saturated heterocycles. The molecule has 150 valence electrons. The van der Waals surface area contributed by atoms with E-state index in [2.05, 4.69) is 69.3 Å². The number of nitrogens with zero attached hydrogens (tertiary/aromatic N) is 4. The fourth-order valence-electron chi connectivity index (χ4n) is 4.01. The van der Waals surface area contributed by atoms with Crippen molar-refractivity contribution in [2.45, 2.75) is 19.4 Å². The molecule has 6 heteroatoms. The summed E-state index contributed by atoms with van der Waals surface area (Å²) >= 11 is 0. The van der Waals surface area contributed by atoms with Crippen LogP contribution in [0.2, 0.25) is 0 Å². The second kappa shape index (κ2) is 9.95. The van der Waals surface area contributed by atoms with E-state index in [-0.39, 0.29) is 0 Å². The zero-order valence-corrected chi connectivity index (χ0v) is 17.1. The van der Waals surface area contributed by atoms with Crippen molar-refractivity contribution < 1.29 is 4.74 Å². The van der Waals surface area contributed by atoms with Crippen LogP contribution in [0.4, 0.5) is 5.69 Å². The maximum atomic E-state index is 5.49. The average molecular weight is 374 g/mol. The van der Waals surface area contributed by atoms with Gasteiger partial charge in [-0.25, -0.2) is 0 Å². The summed E-state index contributed by atoms with van der Waals surface area (Å²) in [4.78, 5) is 11.8. The first-order valence-electron chi connectivity index (χ1n) is 10.2. The van der Waals surface area contributed by atoms with Crippen LogP contribution in [0.5, 0.6) is 0 Å². The van der Waals surface area contributed by atoms with Crippen molar-refractivity contribution in [2.24, 2.45) is 10.9 Å². The quantitative estimate of drug-likeness (QED) is 0.608. The number of guanidine groups is 1. The third-order valence-corrected chi connectivity index (χ3v) is 5.74. The van der Waals surface area contributed by atoms with Gasteiger partial charge in [0.05, 0.1) is 6.61 Å².